The molecule has 0 spiro atoms. The zero-order chi connectivity index (χ0) is 29.9. The summed E-state index contributed by atoms with van der Waals surface area (Å²) >= 11 is 1.28. The van der Waals surface area contributed by atoms with Crippen LogP contribution in [0.4, 0.5) is 0 Å². The van der Waals surface area contributed by atoms with Gasteiger partial charge in [0.25, 0.3) is 5.91 Å². The maximum Gasteiger partial charge on any atom is 0.271 e. The van der Waals surface area contributed by atoms with E-state index in [1.165, 1.54) is 11.3 Å². The Morgan fingerprint density at radius 1 is 1.02 bits per heavy atom. The van der Waals surface area contributed by atoms with Crippen LogP contribution in [0.1, 0.15) is 72.3 Å². The van der Waals surface area contributed by atoms with Crippen LogP contribution < -0.4 is 21.3 Å². The van der Waals surface area contributed by atoms with Crippen LogP contribution in [0, 0.1) is 5.92 Å². The molecule has 0 fully saturated rings. The van der Waals surface area contributed by atoms with Gasteiger partial charge in [0.2, 0.25) is 17.7 Å². The summed E-state index contributed by atoms with van der Waals surface area (Å²) in [5.41, 5.74) is 1.92. The first-order valence-corrected chi connectivity index (χ1v) is 15.3. The highest BCUT2D eigenvalue weighted by atomic mass is 32.1. The monoisotopic (exact) mass is 590 g/mol. The van der Waals surface area contributed by atoms with E-state index < -0.39 is 24.0 Å². The SMILES string of the molecule is CC(C)[C@H]1NC(=O)[C@@H](NC(=O)CCc2ccccn2)CCCCNC(=O)[C@@H](Cc2ccccc2)NC(=O)c2csc1n2. The van der Waals surface area contributed by atoms with Gasteiger partial charge in [-0.2, -0.15) is 0 Å². The van der Waals surface area contributed by atoms with Crippen molar-refractivity contribution in [2.75, 3.05) is 6.54 Å². The van der Waals surface area contributed by atoms with Crippen molar-refractivity contribution in [2.24, 2.45) is 5.92 Å². The first-order chi connectivity index (χ1) is 20.3. The summed E-state index contributed by atoms with van der Waals surface area (Å²) in [5.74, 6) is -1.30. The van der Waals surface area contributed by atoms with Gasteiger partial charge < -0.3 is 21.3 Å². The van der Waals surface area contributed by atoms with E-state index in [4.69, 9.17) is 0 Å². The summed E-state index contributed by atoms with van der Waals surface area (Å²) in [4.78, 5) is 61.4. The molecule has 1 aliphatic rings. The number of thiazole rings is 1. The number of amides is 4. The molecule has 42 heavy (non-hydrogen) atoms. The third-order valence-corrected chi connectivity index (χ3v) is 8.02. The first-order valence-electron chi connectivity index (χ1n) is 14.4. The van der Waals surface area contributed by atoms with Crippen molar-refractivity contribution in [1.29, 1.82) is 0 Å². The van der Waals surface area contributed by atoms with Gasteiger partial charge in [-0.15, -0.1) is 11.3 Å². The lowest BCUT2D eigenvalue weighted by molar-refractivity contribution is -0.129. The minimum Gasteiger partial charge on any atom is -0.354 e. The molecule has 0 saturated heterocycles. The first kappa shape index (κ1) is 30.8. The Labute approximate surface area is 250 Å². The fraction of sp³-hybridized carbons (Fsp3) is 0.419. The van der Waals surface area contributed by atoms with Crippen LogP contribution in [-0.2, 0) is 27.2 Å². The number of carbonyl (C=O) groups excluding carboxylic acids is 4. The summed E-state index contributed by atoms with van der Waals surface area (Å²) in [6.45, 7) is 4.30. The molecule has 4 amide bonds. The normalized spacial score (nSPS) is 20.4. The number of carbonyl (C=O) groups is 4. The van der Waals surface area contributed by atoms with Crippen molar-refractivity contribution in [2.45, 2.75) is 70.5 Å². The number of fused-ring (bicyclic) bond motifs is 2. The third-order valence-electron chi connectivity index (χ3n) is 7.09. The van der Waals surface area contributed by atoms with Gasteiger partial charge in [0.05, 0.1) is 6.04 Å². The number of hydrogen-bond donors (Lipinski definition) is 4. The molecule has 3 aromatic rings. The lowest BCUT2D eigenvalue weighted by Gasteiger charge is -2.25. The van der Waals surface area contributed by atoms with Gasteiger partial charge in [0.1, 0.15) is 22.8 Å². The third kappa shape index (κ3) is 8.94. The quantitative estimate of drug-likeness (QED) is 0.333. The molecule has 0 saturated carbocycles. The minimum absolute atomic E-state index is 0.0213. The Morgan fingerprint density at radius 3 is 2.55 bits per heavy atom. The van der Waals surface area contributed by atoms with Crippen LogP contribution in [-0.4, -0.2) is 52.2 Å². The largest absolute Gasteiger partial charge is 0.354 e. The molecule has 3 atom stereocenters. The molecule has 2 aromatic heterocycles. The Morgan fingerprint density at radius 2 is 1.81 bits per heavy atom. The van der Waals surface area contributed by atoms with Crippen molar-refractivity contribution in [3.8, 4) is 0 Å². The second-order valence-corrected chi connectivity index (χ2v) is 11.6. The summed E-state index contributed by atoms with van der Waals surface area (Å²) in [6.07, 6.45) is 4.32. The number of aryl methyl sites for hydroxylation is 1. The van der Waals surface area contributed by atoms with E-state index in [1.807, 2.05) is 62.4 Å². The van der Waals surface area contributed by atoms with Crippen molar-refractivity contribution in [3.05, 3.63) is 82.1 Å². The molecule has 4 rings (SSSR count). The predicted molar refractivity (Wildman–Crippen MR) is 161 cm³/mol. The number of rotatable bonds is 7. The number of benzene rings is 1. The minimum atomic E-state index is -0.773. The maximum absolute atomic E-state index is 13.5. The molecule has 222 valence electrons. The number of aromatic nitrogens is 2. The van der Waals surface area contributed by atoms with Crippen molar-refractivity contribution < 1.29 is 19.2 Å². The number of nitrogens with zero attached hydrogens (tertiary/aromatic N) is 2. The van der Waals surface area contributed by atoms with Crippen molar-refractivity contribution in [3.63, 3.8) is 0 Å². The van der Waals surface area contributed by atoms with E-state index in [1.54, 1.807) is 11.6 Å². The van der Waals surface area contributed by atoms with Gasteiger partial charge in [0.15, 0.2) is 0 Å². The van der Waals surface area contributed by atoms with Crippen LogP contribution >= 0.6 is 11.3 Å². The number of nitrogens with one attached hydrogen (secondary N) is 4. The molecule has 4 N–H and O–H groups in total. The van der Waals surface area contributed by atoms with Gasteiger partial charge in [-0.3, -0.25) is 24.2 Å². The molecule has 11 heteroatoms. The summed E-state index contributed by atoms with van der Waals surface area (Å²) in [6, 6.07) is 13.1. The van der Waals surface area contributed by atoms with Crippen LogP contribution in [0.5, 0.6) is 0 Å². The Bertz CT molecular complexity index is 1350. The van der Waals surface area contributed by atoms with Crippen LogP contribution in [0.3, 0.4) is 0 Å². The van der Waals surface area contributed by atoms with E-state index in [-0.39, 0.29) is 35.8 Å². The molecule has 3 heterocycles. The fourth-order valence-electron chi connectivity index (χ4n) is 4.72. The Balaban J connectivity index is 1.51. The van der Waals surface area contributed by atoms with Crippen LogP contribution in [0.25, 0.3) is 0 Å². The molecule has 10 nitrogen and oxygen atoms in total. The average molecular weight is 591 g/mol. The van der Waals surface area contributed by atoms with E-state index in [9.17, 15) is 19.2 Å². The maximum atomic E-state index is 13.5. The molecule has 1 aromatic carbocycles. The van der Waals surface area contributed by atoms with E-state index in [2.05, 4.69) is 31.2 Å². The zero-order valence-electron chi connectivity index (χ0n) is 24.0. The highest BCUT2D eigenvalue weighted by Crippen LogP contribution is 2.26. The Hall–Kier alpha value is -4.12. The number of pyridine rings is 1. The fourth-order valence-corrected chi connectivity index (χ4v) is 5.75. The molecular weight excluding hydrogens is 552 g/mol. The van der Waals surface area contributed by atoms with E-state index in [0.717, 1.165) is 11.3 Å². The lowest BCUT2D eigenvalue weighted by atomic mass is 10.0. The Kier molecular flexibility index (Phi) is 11.2. The van der Waals surface area contributed by atoms with E-state index in [0.29, 0.717) is 43.7 Å². The van der Waals surface area contributed by atoms with Crippen LogP contribution in [0.15, 0.2) is 60.1 Å². The predicted octanol–water partition coefficient (Wildman–Crippen LogP) is 3.11. The molecule has 0 radical (unpaired) electrons. The molecule has 0 aliphatic carbocycles. The van der Waals surface area contributed by atoms with Gasteiger partial charge in [-0.1, -0.05) is 50.2 Å². The number of hydrogen-bond acceptors (Lipinski definition) is 7. The van der Waals surface area contributed by atoms with Gasteiger partial charge in [-0.25, -0.2) is 4.98 Å². The molecule has 1 aliphatic heterocycles. The molecular formula is C31H38N6O4S. The summed E-state index contributed by atoms with van der Waals surface area (Å²) in [5, 5.41) is 14.0. The topological polar surface area (TPSA) is 142 Å². The van der Waals surface area contributed by atoms with Gasteiger partial charge in [0, 0.05) is 36.7 Å². The standard InChI is InChI=1S/C31H38N6O4S/c1-20(2)27-31-36-25(19-42-31)30(41)35-24(18-21-10-4-3-5-11-21)28(39)33-17-9-7-13-23(29(40)37-27)34-26(38)15-14-22-12-6-8-16-32-22/h3-6,8,10-12,16,19-20,23-24,27H,7,9,13-15,17-18H2,1-2H3,(H,33,39)(H,34,38)(H,35,41)(H,37,40)/t23-,24+,27+/m0/s1. The second kappa shape index (κ2) is 15.2. The van der Waals surface area contributed by atoms with Crippen LogP contribution in [0.2, 0.25) is 0 Å². The van der Waals surface area contributed by atoms with Crippen molar-refractivity contribution in [1.82, 2.24) is 31.2 Å². The lowest BCUT2D eigenvalue weighted by Crippen LogP contribution is -2.49. The van der Waals surface area contributed by atoms with Gasteiger partial charge in [-0.05, 0) is 49.3 Å². The zero-order valence-corrected chi connectivity index (χ0v) is 24.8. The second-order valence-electron chi connectivity index (χ2n) is 10.7. The molecule has 2 bridgehead atoms. The van der Waals surface area contributed by atoms with E-state index >= 15 is 0 Å². The summed E-state index contributed by atoms with van der Waals surface area (Å²) < 4.78 is 0. The molecule has 0 unspecified atom stereocenters. The highest BCUT2D eigenvalue weighted by molar-refractivity contribution is 7.09. The highest BCUT2D eigenvalue weighted by Gasteiger charge is 2.29. The smallest absolute Gasteiger partial charge is 0.271 e. The summed E-state index contributed by atoms with van der Waals surface area (Å²) in [7, 11) is 0. The average Bonchev–Trinajstić information content (AvgIpc) is 3.48. The van der Waals surface area contributed by atoms with Crippen molar-refractivity contribution >= 4 is 35.0 Å². The van der Waals surface area contributed by atoms with Gasteiger partial charge >= 0.3 is 0 Å².